The number of hydrogen-bond donors (Lipinski definition) is 2. The summed E-state index contributed by atoms with van der Waals surface area (Å²) in [5.74, 6) is 0. The summed E-state index contributed by atoms with van der Waals surface area (Å²) in [6.45, 7) is 0. The highest BCUT2D eigenvalue weighted by Gasteiger charge is 2.34. The van der Waals surface area contributed by atoms with Crippen LogP contribution in [0.5, 0.6) is 0 Å². The first-order valence-corrected chi connectivity index (χ1v) is 11.4. The number of rotatable bonds is 4. The van der Waals surface area contributed by atoms with Gasteiger partial charge in [-0.3, -0.25) is 0 Å². The Morgan fingerprint density at radius 2 is 1.76 bits per heavy atom. The van der Waals surface area contributed by atoms with Crippen molar-refractivity contribution in [2.24, 2.45) is 12.8 Å². The molecule has 5 aromatic rings. The number of nitrogens with two attached hydrogens (primary N) is 1. The lowest BCUT2D eigenvalue weighted by Gasteiger charge is -2.38. The molecule has 1 aliphatic carbocycles. The first-order valence-electron chi connectivity index (χ1n) is 11.4. The minimum absolute atomic E-state index is 0.160. The van der Waals surface area contributed by atoms with Crippen LogP contribution >= 0.6 is 0 Å². The van der Waals surface area contributed by atoms with Crippen molar-refractivity contribution in [1.82, 2.24) is 15.0 Å². The fourth-order valence-corrected chi connectivity index (χ4v) is 4.68. The van der Waals surface area contributed by atoms with Gasteiger partial charge < -0.3 is 5.73 Å². The van der Waals surface area contributed by atoms with Crippen LogP contribution in [0.2, 0.25) is 0 Å². The Morgan fingerprint density at radius 3 is 2.42 bits per heavy atom. The minimum Gasteiger partial charge on any atom is -0.321 e. The van der Waals surface area contributed by atoms with E-state index < -0.39 is 0 Å². The molecule has 0 amide bonds. The lowest BCUT2D eigenvalue weighted by molar-refractivity contribution is -0.669. The molecule has 1 aliphatic rings. The number of pyridine rings is 2. The van der Waals surface area contributed by atoms with Crippen LogP contribution in [0.3, 0.4) is 0 Å². The molecule has 0 saturated heterocycles. The maximum atomic E-state index is 6.54. The lowest BCUT2D eigenvalue weighted by atomic mass is 9.72. The molecule has 3 N–H and O–H groups in total. The van der Waals surface area contributed by atoms with Gasteiger partial charge in [-0.05, 0) is 42.5 Å². The van der Waals surface area contributed by atoms with Gasteiger partial charge in [-0.2, -0.15) is 0 Å². The molecule has 5 nitrogen and oxygen atoms in total. The van der Waals surface area contributed by atoms with Crippen molar-refractivity contribution in [1.29, 1.82) is 0 Å². The minimum atomic E-state index is -0.160. The molecule has 0 bridgehead atoms. The van der Waals surface area contributed by atoms with E-state index in [0.717, 1.165) is 57.5 Å². The molecule has 5 heteroatoms. The molecule has 0 atom stereocenters. The standard InChI is InChI=1S/C28H25N5/c1-33-17-26(31-18-33)24-15-21-14-23(19-6-3-2-4-7-19)27(32-25(21)16-30-24)20-8-10-22(11-9-20)28(29)12-5-13-28/h2-4,6-11,14-18H,5,12-13,29H2,1H3/p+1. The summed E-state index contributed by atoms with van der Waals surface area (Å²) in [6.07, 6.45) is 9.13. The summed E-state index contributed by atoms with van der Waals surface area (Å²) < 4.78 is 1.98. The lowest BCUT2D eigenvalue weighted by Crippen LogP contribution is -2.43. The van der Waals surface area contributed by atoms with Crippen molar-refractivity contribution < 1.29 is 4.57 Å². The summed E-state index contributed by atoms with van der Waals surface area (Å²) in [6, 6.07) is 23.4. The molecule has 0 radical (unpaired) electrons. The van der Waals surface area contributed by atoms with Crippen LogP contribution in [0.1, 0.15) is 24.8 Å². The number of aromatic nitrogens is 4. The van der Waals surface area contributed by atoms with Crippen molar-refractivity contribution in [3.05, 3.63) is 91.0 Å². The van der Waals surface area contributed by atoms with Crippen LogP contribution in [0.25, 0.3) is 44.7 Å². The fraction of sp³-hybridized carbons (Fsp3) is 0.179. The zero-order valence-corrected chi connectivity index (χ0v) is 18.6. The van der Waals surface area contributed by atoms with E-state index in [1.54, 1.807) is 0 Å². The third-order valence-electron chi connectivity index (χ3n) is 6.80. The van der Waals surface area contributed by atoms with E-state index in [2.05, 4.69) is 70.6 Å². The molecule has 0 spiro atoms. The molecular weight excluding hydrogens is 406 g/mol. The third kappa shape index (κ3) is 3.51. The second-order valence-corrected chi connectivity index (χ2v) is 9.08. The van der Waals surface area contributed by atoms with Crippen LogP contribution < -0.4 is 10.3 Å². The van der Waals surface area contributed by atoms with E-state index in [9.17, 15) is 0 Å². The van der Waals surface area contributed by atoms with Gasteiger partial charge in [0, 0.05) is 22.1 Å². The zero-order valence-electron chi connectivity index (χ0n) is 18.6. The van der Waals surface area contributed by atoms with Crippen molar-refractivity contribution in [3.63, 3.8) is 0 Å². The molecule has 2 aromatic carbocycles. The summed E-state index contributed by atoms with van der Waals surface area (Å²) >= 11 is 0. The summed E-state index contributed by atoms with van der Waals surface area (Å²) in [5, 5.41) is 1.06. The van der Waals surface area contributed by atoms with Crippen LogP contribution in [-0.4, -0.2) is 15.0 Å². The topological polar surface area (TPSA) is 71.5 Å². The van der Waals surface area contributed by atoms with Crippen molar-refractivity contribution in [2.75, 3.05) is 0 Å². The molecule has 6 rings (SSSR count). The van der Waals surface area contributed by atoms with Crippen molar-refractivity contribution in [3.8, 4) is 33.8 Å². The second-order valence-electron chi connectivity index (χ2n) is 9.08. The highest BCUT2D eigenvalue weighted by molar-refractivity contribution is 5.92. The molecule has 3 aromatic heterocycles. The maximum Gasteiger partial charge on any atom is 0.241 e. The van der Waals surface area contributed by atoms with Crippen LogP contribution in [0.15, 0.2) is 85.5 Å². The number of nitrogens with one attached hydrogen (secondary N) is 1. The number of aromatic amines is 1. The Morgan fingerprint density at radius 1 is 0.970 bits per heavy atom. The fourth-order valence-electron chi connectivity index (χ4n) is 4.68. The summed E-state index contributed by atoms with van der Waals surface area (Å²) in [5.41, 5.74) is 14.6. The first kappa shape index (κ1) is 19.8. The van der Waals surface area contributed by atoms with Crippen LogP contribution in [-0.2, 0) is 12.6 Å². The number of benzene rings is 2. The predicted octanol–water partition coefficient (Wildman–Crippen LogP) is 5.12. The molecule has 33 heavy (non-hydrogen) atoms. The van der Waals surface area contributed by atoms with E-state index >= 15 is 0 Å². The Hall–Kier alpha value is -3.83. The van der Waals surface area contributed by atoms with Crippen molar-refractivity contribution >= 4 is 10.9 Å². The van der Waals surface area contributed by atoms with E-state index in [1.807, 2.05) is 36.4 Å². The molecule has 1 saturated carbocycles. The second kappa shape index (κ2) is 7.64. The molecule has 162 valence electrons. The quantitative estimate of drug-likeness (QED) is 0.387. The Balaban J connectivity index is 1.50. The van der Waals surface area contributed by atoms with Gasteiger partial charge in [0.25, 0.3) is 0 Å². The van der Waals surface area contributed by atoms with Gasteiger partial charge in [0.15, 0.2) is 5.69 Å². The van der Waals surface area contributed by atoms with E-state index in [-0.39, 0.29) is 5.54 Å². The molecule has 0 aliphatic heterocycles. The molecule has 0 unspecified atom stereocenters. The zero-order chi connectivity index (χ0) is 22.4. The Bertz CT molecular complexity index is 1450. The maximum absolute atomic E-state index is 6.54. The average molecular weight is 433 g/mol. The number of H-pyrrole nitrogens is 1. The number of hydrogen-bond acceptors (Lipinski definition) is 3. The SMILES string of the molecule is C[n+]1c[nH]c(-c2cc3cc(-c4ccccc4)c(-c4ccc(C5(N)CCC5)cc4)nc3cn2)c1. The van der Waals surface area contributed by atoms with E-state index in [4.69, 9.17) is 10.7 Å². The summed E-state index contributed by atoms with van der Waals surface area (Å²) in [7, 11) is 1.99. The Kier molecular flexibility index (Phi) is 4.59. The van der Waals surface area contributed by atoms with Gasteiger partial charge >= 0.3 is 0 Å². The van der Waals surface area contributed by atoms with Gasteiger partial charge in [0.2, 0.25) is 6.33 Å². The van der Waals surface area contributed by atoms with Crippen LogP contribution in [0.4, 0.5) is 0 Å². The monoisotopic (exact) mass is 432 g/mol. The largest absolute Gasteiger partial charge is 0.321 e. The first-order chi connectivity index (χ1) is 16.1. The van der Waals surface area contributed by atoms with Crippen molar-refractivity contribution in [2.45, 2.75) is 24.8 Å². The van der Waals surface area contributed by atoms with Gasteiger partial charge in [-0.15, -0.1) is 0 Å². The highest BCUT2D eigenvalue weighted by atomic mass is 15.0. The van der Waals surface area contributed by atoms with Crippen LogP contribution in [0, 0.1) is 0 Å². The number of imidazole rings is 1. The van der Waals surface area contributed by atoms with E-state index in [0.29, 0.717) is 0 Å². The van der Waals surface area contributed by atoms with E-state index in [1.165, 1.54) is 12.0 Å². The summed E-state index contributed by atoms with van der Waals surface area (Å²) in [4.78, 5) is 13.0. The normalized spacial score (nSPS) is 14.8. The number of aryl methyl sites for hydroxylation is 1. The van der Waals surface area contributed by atoms with Gasteiger partial charge in [-0.1, -0.05) is 54.6 Å². The predicted molar refractivity (Wildman–Crippen MR) is 131 cm³/mol. The van der Waals surface area contributed by atoms with Gasteiger partial charge in [-0.25, -0.2) is 19.5 Å². The number of nitrogens with zero attached hydrogens (tertiary/aromatic N) is 3. The Labute approximate surface area is 193 Å². The smallest absolute Gasteiger partial charge is 0.241 e. The molecule has 1 fully saturated rings. The molecule has 3 heterocycles. The van der Waals surface area contributed by atoms with Gasteiger partial charge in [0.1, 0.15) is 11.9 Å². The van der Waals surface area contributed by atoms with Gasteiger partial charge in [0.05, 0.1) is 24.5 Å². The molecular formula is C28H26N5+. The third-order valence-corrected chi connectivity index (χ3v) is 6.80. The number of fused-ring (bicyclic) bond motifs is 1. The average Bonchev–Trinajstić information content (AvgIpc) is 3.28. The highest BCUT2D eigenvalue weighted by Crippen LogP contribution is 2.40.